The minimum Gasteiger partial charge on any atom is -0.317 e. The second-order valence-electron chi connectivity index (χ2n) is 9.29. The van der Waals surface area contributed by atoms with Crippen molar-refractivity contribution in [2.75, 3.05) is 0 Å². The van der Waals surface area contributed by atoms with Gasteiger partial charge in [0.05, 0.1) is 28.4 Å². The van der Waals surface area contributed by atoms with E-state index in [1.54, 1.807) is 30.5 Å². The van der Waals surface area contributed by atoms with Crippen LogP contribution < -0.4 is 5.56 Å². The van der Waals surface area contributed by atoms with Gasteiger partial charge in [0.2, 0.25) is 0 Å². The van der Waals surface area contributed by atoms with Gasteiger partial charge in [0.25, 0.3) is 5.56 Å². The van der Waals surface area contributed by atoms with E-state index in [9.17, 15) is 18.0 Å². The van der Waals surface area contributed by atoms with Crippen LogP contribution in [0.1, 0.15) is 33.6 Å². The summed E-state index contributed by atoms with van der Waals surface area (Å²) in [5.74, 6) is 0.0274. The Morgan fingerprint density at radius 2 is 1.55 bits per heavy atom. The van der Waals surface area contributed by atoms with Crippen molar-refractivity contribution in [3.63, 3.8) is 0 Å². The normalized spacial score (nSPS) is 12.1. The Labute approximate surface area is 217 Å². The van der Waals surface area contributed by atoms with E-state index in [4.69, 9.17) is 0 Å². The Morgan fingerprint density at radius 1 is 0.868 bits per heavy atom. The van der Waals surface area contributed by atoms with Crippen molar-refractivity contribution in [2.24, 2.45) is 5.10 Å². The summed E-state index contributed by atoms with van der Waals surface area (Å²) < 4.78 is 43.6. The lowest BCUT2D eigenvalue weighted by Gasteiger charge is -2.15. The first-order valence-corrected chi connectivity index (χ1v) is 12.1. The van der Waals surface area contributed by atoms with Crippen LogP contribution in [-0.4, -0.2) is 20.4 Å². The lowest BCUT2D eigenvalue weighted by atomic mass is 10.1. The third-order valence-corrected chi connectivity index (χ3v) is 6.65. The molecule has 0 radical (unpaired) electrons. The summed E-state index contributed by atoms with van der Waals surface area (Å²) in [7, 11) is 0. The number of halogens is 3. The Morgan fingerprint density at radius 3 is 2.26 bits per heavy atom. The summed E-state index contributed by atoms with van der Waals surface area (Å²) in [6, 6.07) is 19.5. The van der Waals surface area contributed by atoms with E-state index in [2.05, 4.69) is 40.6 Å². The number of rotatable bonds is 4. The van der Waals surface area contributed by atoms with E-state index in [1.807, 2.05) is 26.0 Å². The summed E-state index contributed by atoms with van der Waals surface area (Å²) in [6.07, 6.45) is -2.98. The third kappa shape index (κ3) is 4.42. The standard InChI is InChI=1S/C30H25F3N4O/c1-18-9-7-10-19(2)27(18)36-20(3)15-23(21(36)4)17-34-37-28(22-11-8-12-24(16-22)30(31,32)33)35-26-14-6-5-13-25(26)29(37)38/h5-17H,1-4H3. The Kier molecular flexibility index (Phi) is 6.26. The van der Waals surface area contributed by atoms with E-state index < -0.39 is 17.3 Å². The van der Waals surface area contributed by atoms with Gasteiger partial charge in [-0.15, -0.1) is 0 Å². The summed E-state index contributed by atoms with van der Waals surface area (Å²) >= 11 is 0. The largest absolute Gasteiger partial charge is 0.416 e. The zero-order chi connectivity index (χ0) is 27.2. The molecule has 0 unspecified atom stereocenters. The Hall–Kier alpha value is -4.46. The Balaban J connectivity index is 1.69. The van der Waals surface area contributed by atoms with Crippen molar-refractivity contribution in [1.82, 2.24) is 14.2 Å². The molecule has 0 fully saturated rings. The van der Waals surface area contributed by atoms with Gasteiger partial charge in [-0.3, -0.25) is 4.79 Å². The average Bonchev–Trinajstić information content (AvgIpc) is 3.15. The van der Waals surface area contributed by atoms with Crippen LogP contribution in [0.4, 0.5) is 13.2 Å². The number of alkyl halides is 3. The molecule has 0 saturated heterocycles. The average molecular weight is 515 g/mol. The molecule has 0 bridgehead atoms. The highest BCUT2D eigenvalue weighted by molar-refractivity contribution is 5.83. The van der Waals surface area contributed by atoms with Crippen molar-refractivity contribution < 1.29 is 13.2 Å². The smallest absolute Gasteiger partial charge is 0.317 e. The number of aromatic nitrogens is 3. The van der Waals surface area contributed by atoms with Crippen LogP contribution in [-0.2, 0) is 6.18 Å². The highest BCUT2D eigenvalue weighted by atomic mass is 19.4. The molecule has 0 N–H and O–H groups in total. The van der Waals surface area contributed by atoms with E-state index in [0.717, 1.165) is 50.6 Å². The minimum absolute atomic E-state index is 0.0274. The van der Waals surface area contributed by atoms with Crippen molar-refractivity contribution >= 4 is 17.1 Å². The van der Waals surface area contributed by atoms with Crippen LogP contribution >= 0.6 is 0 Å². The fourth-order valence-electron chi connectivity index (χ4n) is 4.79. The molecule has 5 rings (SSSR count). The maximum absolute atomic E-state index is 13.5. The molecule has 8 heteroatoms. The number of para-hydroxylation sites is 2. The SMILES string of the molecule is Cc1cccc(C)c1-n1c(C)cc(C=Nn2c(-c3cccc(C(F)(F)F)c3)nc3ccccc3c2=O)c1C. The minimum atomic E-state index is -4.54. The van der Waals surface area contributed by atoms with Crippen LogP contribution in [0.15, 0.2) is 82.7 Å². The van der Waals surface area contributed by atoms with Crippen molar-refractivity contribution in [1.29, 1.82) is 0 Å². The quantitative estimate of drug-likeness (QED) is 0.243. The van der Waals surface area contributed by atoms with Gasteiger partial charge in [-0.05, 0) is 69.2 Å². The first-order valence-electron chi connectivity index (χ1n) is 12.1. The van der Waals surface area contributed by atoms with Crippen LogP contribution in [0.2, 0.25) is 0 Å². The molecule has 192 valence electrons. The molecule has 0 aliphatic rings. The first-order chi connectivity index (χ1) is 18.1. The number of fused-ring (bicyclic) bond motifs is 1. The Bertz CT molecular complexity index is 1760. The molecule has 38 heavy (non-hydrogen) atoms. The third-order valence-electron chi connectivity index (χ3n) is 6.65. The van der Waals surface area contributed by atoms with Crippen LogP contribution in [0.3, 0.4) is 0 Å². The molecule has 0 spiro atoms. The zero-order valence-corrected chi connectivity index (χ0v) is 21.3. The highest BCUT2D eigenvalue weighted by Crippen LogP contribution is 2.32. The van der Waals surface area contributed by atoms with Crippen LogP contribution in [0.25, 0.3) is 28.0 Å². The number of aryl methyl sites for hydroxylation is 3. The fraction of sp³-hybridized carbons (Fsp3) is 0.167. The van der Waals surface area contributed by atoms with Crippen LogP contribution in [0, 0.1) is 27.7 Å². The van der Waals surface area contributed by atoms with E-state index in [-0.39, 0.29) is 11.4 Å². The lowest BCUT2D eigenvalue weighted by molar-refractivity contribution is -0.137. The summed E-state index contributed by atoms with van der Waals surface area (Å²) in [4.78, 5) is 18.0. The first kappa shape index (κ1) is 25.2. The van der Waals surface area contributed by atoms with Crippen molar-refractivity contribution in [3.8, 4) is 17.1 Å². The molecule has 0 aliphatic carbocycles. The topological polar surface area (TPSA) is 52.2 Å². The molecule has 3 aromatic carbocycles. The number of hydrogen-bond acceptors (Lipinski definition) is 3. The van der Waals surface area contributed by atoms with Gasteiger partial charge in [0, 0.05) is 22.5 Å². The highest BCUT2D eigenvalue weighted by Gasteiger charge is 2.31. The monoisotopic (exact) mass is 514 g/mol. The molecule has 5 nitrogen and oxygen atoms in total. The van der Waals surface area contributed by atoms with E-state index in [0.29, 0.717) is 10.9 Å². The van der Waals surface area contributed by atoms with Gasteiger partial charge in [-0.1, -0.05) is 42.5 Å². The summed E-state index contributed by atoms with van der Waals surface area (Å²) in [6.45, 7) is 8.07. The second kappa shape index (κ2) is 9.45. The molecule has 2 aromatic heterocycles. The van der Waals surface area contributed by atoms with Gasteiger partial charge in [0.1, 0.15) is 0 Å². The summed E-state index contributed by atoms with van der Waals surface area (Å²) in [5.41, 5.74) is 5.23. The molecular weight excluding hydrogens is 489 g/mol. The zero-order valence-electron chi connectivity index (χ0n) is 21.3. The molecular formula is C30H25F3N4O. The van der Waals surface area contributed by atoms with Gasteiger partial charge in [-0.2, -0.15) is 22.9 Å². The summed E-state index contributed by atoms with van der Waals surface area (Å²) in [5, 5.41) is 4.79. The van der Waals surface area contributed by atoms with Gasteiger partial charge < -0.3 is 4.57 Å². The van der Waals surface area contributed by atoms with Gasteiger partial charge >= 0.3 is 6.18 Å². The molecule has 0 saturated carbocycles. The lowest BCUT2D eigenvalue weighted by Crippen LogP contribution is -2.20. The maximum Gasteiger partial charge on any atom is 0.416 e. The molecule has 0 atom stereocenters. The van der Waals surface area contributed by atoms with Gasteiger partial charge in [0.15, 0.2) is 5.82 Å². The molecule has 5 aromatic rings. The van der Waals surface area contributed by atoms with E-state index in [1.165, 1.54) is 12.1 Å². The predicted octanol–water partition coefficient (Wildman–Crippen LogP) is 6.99. The van der Waals surface area contributed by atoms with E-state index >= 15 is 0 Å². The second-order valence-corrected chi connectivity index (χ2v) is 9.29. The molecule has 0 amide bonds. The fourth-order valence-corrected chi connectivity index (χ4v) is 4.79. The van der Waals surface area contributed by atoms with Crippen molar-refractivity contribution in [3.05, 3.63) is 117 Å². The molecule has 2 heterocycles. The molecule has 0 aliphatic heterocycles. The van der Waals surface area contributed by atoms with Crippen molar-refractivity contribution in [2.45, 2.75) is 33.9 Å². The predicted molar refractivity (Wildman–Crippen MR) is 144 cm³/mol. The number of nitrogens with zero attached hydrogens (tertiary/aromatic N) is 4. The van der Waals surface area contributed by atoms with Gasteiger partial charge in [-0.25, -0.2) is 4.98 Å². The number of benzene rings is 3. The van der Waals surface area contributed by atoms with Crippen LogP contribution in [0.5, 0.6) is 0 Å². The number of hydrogen-bond donors (Lipinski definition) is 0. The maximum atomic E-state index is 13.5.